The first kappa shape index (κ1) is 20.9. The lowest BCUT2D eigenvalue weighted by molar-refractivity contribution is -0.159. The van der Waals surface area contributed by atoms with Crippen LogP contribution in [0.15, 0.2) is 0 Å². The van der Waals surface area contributed by atoms with Crippen LogP contribution in [0.5, 0.6) is 0 Å². The van der Waals surface area contributed by atoms with Crippen LogP contribution in [0.2, 0.25) is 0 Å². The van der Waals surface area contributed by atoms with E-state index in [0.717, 1.165) is 17.7 Å². The lowest BCUT2D eigenvalue weighted by atomic mass is 9.81. The molecule has 2 rings (SSSR count). The number of amides is 3. The summed E-state index contributed by atoms with van der Waals surface area (Å²) in [4.78, 5) is 50.3. The van der Waals surface area contributed by atoms with Crippen molar-refractivity contribution in [2.24, 2.45) is 17.8 Å². The van der Waals surface area contributed by atoms with Crippen molar-refractivity contribution in [2.75, 3.05) is 6.61 Å². The van der Waals surface area contributed by atoms with Crippen molar-refractivity contribution in [1.82, 2.24) is 10.2 Å². The number of likely N-dealkylation sites (tertiary alicyclic amines) is 1. The van der Waals surface area contributed by atoms with Gasteiger partial charge in [-0.05, 0) is 32.6 Å². The van der Waals surface area contributed by atoms with Crippen LogP contribution >= 0.6 is 0 Å². The highest BCUT2D eigenvalue weighted by molar-refractivity contribution is 6.07. The van der Waals surface area contributed by atoms with E-state index in [1.54, 1.807) is 20.8 Å². The van der Waals surface area contributed by atoms with E-state index < -0.39 is 30.1 Å². The SMILES string of the molecule is CC(C)[C@](C)(C#N)NC(=O)COC(=O)[C@H](C)N1C(=O)[C@H]2CCCC[C@H]2C1=O. The summed E-state index contributed by atoms with van der Waals surface area (Å²) < 4.78 is 4.99. The maximum Gasteiger partial charge on any atom is 0.329 e. The largest absolute Gasteiger partial charge is 0.454 e. The number of rotatable bonds is 6. The molecule has 2 aliphatic rings. The monoisotopic (exact) mass is 377 g/mol. The number of nitrogens with zero attached hydrogens (tertiary/aromatic N) is 2. The molecule has 0 unspecified atom stereocenters. The van der Waals surface area contributed by atoms with Crippen LogP contribution in [-0.2, 0) is 23.9 Å². The van der Waals surface area contributed by atoms with Crippen LogP contribution in [0.25, 0.3) is 0 Å². The molecule has 1 aliphatic carbocycles. The molecule has 1 N–H and O–H groups in total. The van der Waals surface area contributed by atoms with Crippen molar-refractivity contribution in [1.29, 1.82) is 5.26 Å². The third-order valence-corrected chi connectivity index (χ3v) is 5.74. The Morgan fingerprint density at radius 3 is 2.19 bits per heavy atom. The van der Waals surface area contributed by atoms with Gasteiger partial charge >= 0.3 is 5.97 Å². The van der Waals surface area contributed by atoms with Crippen LogP contribution in [-0.4, -0.2) is 46.8 Å². The van der Waals surface area contributed by atoms with E-state index in [4.69, 9.17) is 4.74 Å². The number of nitrogens with one attached hydrogen (secondary N) is 1. The molecule has 0 aromatic heterocycles. The van der Waals surface area contributed by atoms with E-state index in [2.05, 4.69) is 5.32 Å². The molecule has 8 heteroatoms. The number of carbonyl (C=O) groups excluding carboxylic acids is 4. The Morgan fingerprint density at radius 1 is 1.22 bits per heavy atom. The molecule has 0 spiro atoms. The second-order valence-corrected chi connectivity index (χ2v) is 7.84. The lowest BCUT2D eigenvalue weighted by Crippen LogP contribution is -2.51. The molecule has 0 aromatic carbocycles. The molecular weight excluding hydrogens is 350 g/mol. The molecule has 2 fully saturated rings. The van der Waals surface area contributed by atoms with Gasteiger partial charge in [-0.2, -0.15) is 5.26 Å². The molecule has 1 saturated carbocycles. The Morgan fingerprint density at radius 2 is 1.74 bits per heavy atom. The van der Waals surface area contributed by atoms with Crippen molar-refractivity contribution >= 4 is 23.7 Å². The zero-order valence-corrected chi connectivity index (χ0v) is 16.3. The number of carbonyl (C=O) groups is 4. The number of nitriles is 1. The van der Waals surface area contributed by atoms with Gasteiger partial charge in [0.05, 0.1) is 17.9 Å². The minimum Gasteiger partial charge on any atom is -0.454 e. The Kier molecular flexibility index (Phi) is 6.24. The molecule has 0 radical (unpaired) electrons. The second kappa shape index (κ2) is 8.07. The molecule has 148 valence electrons. The highest BCUT2D eigenvalue weighted by atomic mass is 16.5. The van der Waals surface area contributed by atoms with Crippen molar-refractivity contribution < 1.29 is 23.9 Å². The molecule has 1 saturated heterocycles. The van der Waals surface area contributed by atoms with E-state index in [1.165, 1.54) is 6.92 Å². The van der Waals surface area contributed by atoms with Crippen molar-refractivity contribution in [3.8, 4) is 6.07 Å². The van der Waals surface area contributed by atoms with Gasteiger partial charge in [0.25, 0.3) is 5.91 Å². The van der Waals surface area contributed by atoms with Crippen LogP contribution in [0, 0.1) is 29.1 Å². The summed E-state index contributed by atoms with van der Waals surface area (Å²) in [5.74, 6) is -2.88. The van der Waals surface area contributed by atoms with Gasteiger partial charge in [0.2, 0.25) is 11.8 Å². The predicted molar refractivity (Wildman–Crippen MR) is 94.7 cm³/mol. The number of imide groups is 1. The number of ether oxygens (including phenoxy) is 1. The fraction of sp³-hybridized carbons (Fsp3) is 0.737. The Labute approximate surface area is 159 Å². The third-order valence-electron chi connectivity index (χ3n) is 5.74. The van der Waals surface area contributed by atoms with E-state index in [1.807, 2.05) is 6.07 Å². The molecule has 0 bridgehead atoms. The van der Waals surface area contributed by atoms with Gasteiger partial charge in [-0.25, -0.2) is 4.79 Å². The normalized spacial score (nSPS) is 25.4. The molecule has 4 atom stereocenters. The summed E-state index contributed by atoms with van der Waals surface area (Å²) in [6.45, 7) is 6.03. The van der Waals surface area contributed by atoms with Crippen LogP contribution in [0.4, 0.5) is 0 Å². The molecule has 8 nitrogen and oxygen atoms in total. The second-order valence-electron chi connectivity index (χ2n) is 7.84. The number of hydrogen-bond acceptors (Lipinski definition) is 6. The minimum atomic E-state index is -1.08. The quantitative estimate of drug-likeness (QED) is 0.548. The van der Waals surface area contributed by atoms with Gasteiger partial charge in [0, 0.05) is 0 Å². The van der Waals surface area contributed by atoms with Crippen LogP contribution in [0.1, 0.15) is 53.4 Å². The molecule has 27 heavy (non-hydrogen) atoms. The third kappa shape index (κ3) is 4.12. The van der Waals surface area contributed by atoms with E-state index in [0.29, 0.717) is 12.8 Å². The van der Waals surface area contributed by atoms with E-state index in [9.17, 15) is 24.4 Å². The average Bonchev–Trinajstić information content (AvgIpc) is 2.90. The Hall–Kier alpha value is -2.43. The fourth-order valence-electron chi connectivity index (χ4n) is 3.56. The fourth-order valence-corrected chi connectivity index (χ4v) is 3.56. The first-order chi connectivity index (χ1) is 12.6. The van der Waals surface area contributed by atoms with Gasteiger partial charge in [0.1, 0.15) is 11.6 Å². The highest BCUT2D eigenvalue weighted by Gasteiger charge is 2.51. The average molecular weight is 377 g/mol. The smallest absolute Gasteiger partial charge is 0.329 e. The van der Waals surface area contributed by atoms with E-state index >= 15 is 0 Å². The minimum absolute atomic E-state index is 0.135. The first-order valence-electron chi connectivity index (χ1n) is 9.38. The first-order valence-corrected chi connectivity index (χ1v) is 9.38. The molecule has 3 amide bonds. The standard InChI is InChI=1S/C19H27N3O5/c1-11(2)19(4,10-20)21-15(23)9-27-18(26)12(3)22-16(24)13-7-5-6-8-14(13)17(22)25/h11-14H,5-9H2,1-4H3,(H,21,23)/t12-,13-,14+,19-/m0/s1. The lowest BCUT2D eigenvalue weighted by Gasteiger charge is -2.27. The Bertz CT molecular complexity index is 659. The Balaban J connectivity index is 1.94. The van der Waals surface area contributed by atoms with Crippen LogP contribution in [0.3, 0.4) is 0 Å². The summed E-state index contributed by atoms with van der Waals surface area (Å²) in [6.07, 6.45) is 3.14. The van der Waals surface area contributed by atoms with Crippen molar-refractivity contribution in [2.45, 2.75) is 65.0 Å². The summed E-state index contributed by atoms with van der Waals surface area (Å²) >= 11 is 0. The maximum atomic E-state index is 12.5. The van der Waals surface area contributed by atoms with E-state index in [-0.39, 0.29) is 29.6 Å². The number of fused-ring (bicyclic) bond motifs is 1. The summed E-state index contributed by atoms with van der Waals surface area (Å²) in [5.41, 5.74) is -1.08. The summed E-state index contributed by atoms with van der Waals surface area (Å²) in [6, 6.07) is 0.961. The summed E-state index contributed by atoms with van der Waals surface area (Å²) in [5, 5.41) is 11.8. The van der Waals surface area contributed by atoms with Crippen LogP contribution < -0.4 is 5.32 Å². The molecule has 0 aromatic rings. The summed E-state index contributed by atoms with van der Waals surface area (Å²) in [7, 11) is 0. The number of hydrogen-bond donors (Lipinski definition) is 1. The van der Waals surface area contributed by atoms with Crippen molar-refractivity contribution in [3.05, 3.63) is 0 Å². The van der Waals surface area contributed by atoms with Gasteiger partial charge in [-0.3, -0.25) is 19.3 Å². The predicted octanol–water partition coefficient (Wildman–Crippen LogP) is 1.15. The van der Waals surface area contributed by atoms with Gasteiger partial charge in [-0.15, -0.1) is 0 Å². The van der Waals surface area contributed by atoms with Gasteiger partial charge in [0.15, 0.2) is 6.61 Å². The molecule has 1 heterocycles. The zero-order chi connectivity index (χ0) is 20.4. The molecule has 1 aliphatic heterocycles. The van der Waals surface area contributed by atoms with Gasteiger partial charge in [-0.1, -0.05) is 26.7 Å². The van der Waals surface area contributed by atoms with Gasteiger partial charge < -0.3 is 10.1 Å². The maximum absolute atomic E-state index is 12.5. The number of esters is 1. The molecular formula is C19H27N3O5. The zero-order valence-electron chi connectivity index (χ0n) is 16.3. The topological polar surface area (TPSA) is 117 Å². The highest BCUT2D eigenvalue weighted by Crippen LogP contribution is 2.38. The van der Waals surface area contributed by atoms with Crippen molar-refractivity contribution in [3.63, 3.8) is 0 Å².